The van der Waals surface area contributed by atoms with Crippen LogP contribution in [-0.2, 0) is 30.8 Å². The number of hydrogen-bond donors (Lipinski definition) is 1. The normalized spacial score (nSPS) is 19.0. The van der Waals surface area contributed by atoms with E-state index in [0.717, 1.165) is 35.8 Å². The molecular formula is C29H35ClFN3O7S3. The van der Waals surface area contributed by atoms with Crippen LogP contribution < -0.4 is 10.1 Å². The smallest absolute Gasteiger partial charge is 0.415 e. The van der Waals surface area contributed by atoms with E-state index in [-0.39, 0.29) is 22.1 Å². The van der Waals surface area contributed by atoms with Gasteiger partial charge in [0.2, 0.25) is 0 Å². The quantitative estimate of drug-likeness (QED) is 0.376. The zero-order valence-electron chi connectivity index (χ0n) is 24.7. The first-order chi connectivity index (χ1) is 20.7. The van der Waals surface area contributed by atoms with Crippen molar-refractivity contribution in [2.75, 3.05) is 30.3 Å². The van der Waals surface area contributed by atoms with Gasteiger partial charge in [-0.2, -0.15) is 11.8 Å². The number of halogens is 2. The van der Waals surface area contributed by atoms with Crippen LogP contribution in [-0.4, -0.2) is 89.0 Å². The molecule has 0 radical (unpaired) electrons. The van der Waals surface area contributed by atoms with Crippen molar-refractivity contribution in [3.8, 4) is 5.75 Å². The number of amides is 2. The highest BCUT2D eigenvalue weighted by atomic mass is 35.5. The summed E-state index contributed by atoms with van der Waals surface area (Å²) in [6, 6.07) is 6.81. The fraction of sp³-hybridized carbons (Fsp3) is 0.483. The Labute approximate surface area is 270 Å². The van der Waals surface area contributed by atoms with Crippen LogP contribution in [0.25, 0.3) is 0 Å². The van der Waals surface area contributed by atoms with E-state index in [1.807, 2.05) is 13.8 Å². The van der Waals surface area contributed by atoms with Gasteiger partial charge in [-0.05, 0) is 69.7 Å². The summed E-state index contributed by atoms with van der Waals surface area (Å²) in [7, 11) is -4.69. The number of ether oxygens (including phenoxy) is 2. The van der Waals surface area contributed by atoms with Gasteiger partial charge in [0.1, 0.15) is 17.2 Å². The van der Waals surface area contributed by atoms with Crippen LogP contribution in [0.3, 0.4) is 0 Å². The molecule has 0 spiro atoms. The Balaban J connectivity index is 1.70. The first-order valence-electron chi connectivity index (χ1n) is 13.9. The summed E-state index contributed by atoms with van der Waals surface area (Å²) in [6.45, 7) is 8.06. The molecule has 2 aromatic carbocycles. The Bertz CT molecular complexity index is 1490. The highest BCUT2D eigenvalue weighted by molar-refractivity contribution is 8.01. The molecular weight excluding hydrogens is 653 g/mol. The number of rotatable bonds is 9. The molecule has 2 aliphatic rings. The van der Waals surface area contributed by atoms with E-state index in [4.69, 9.17) is 21.1 Å². The lowest BCUT2D eigenvalue weighted by molar-refractivity contribution is -0.155. The van der Waals surface area contributed by atoms with Gasteiger partial charge in [-0.25, -0.2) is 26.7 Å². The first-order valence-corrected chi connectivity index (χ1v) is 18.0. The molecule has 0 saturated carbocycles. The number of benzene rings is 2. The number of thioether (sulfide) groups is 2. The molecule has 2 heterocycles. The maximum Gasteiger partial charge on any atom is 0.415 e. The summed E-state index contributed by atoms with van der Waals surface area (Å²) in [5.74, 6) is -0.262. The third-order valence-corrected chi connectivity index (χ3v) is 11.3. The second-order valence-corrected chi connectivity index (χ2v) is 15.8. The predicted octanol–water partition coefficient (Wildman–Crippen LogP) is 4.55. The van der Waals surface area contributed by atoms with E-state index in [0.29, 0.717) is 28.7 Å². The van der Waals surface area contributed by atoms with E-state index >= 15 is 0 Å². The summed E-state index contributed by atoms with van der Waals surface area (Å²) in [5, 5.41) is 2.21. The third-order valence-electron chi connectivity index (χ3n) is 6.74. The second-order valence-electron chi connectivity index (χ2n) is 11.3. The molecule has 0 aromatic heterocycles. The Kier molecular flexibility index (Phi) is 11.1. The lowest BCUT2D eigenvalue weighted by atomic mass is 10.1. The van der Waals surface area contributed by atoms with Gasteiger partial charge >= 0.3 is 12.1 Å². The van der Waals surface area contributed by atoms with E-state index in [2.05, 4.69) is 5.32 Å². The number of sulfonamides is 1. The number of esters is 1. The van der Waals surface area contributed by atoms with Crippen LogP contribution in [0.15, 0.2) is 47.4 Å². The maximum absolute atomic E-state index is 14.1. The molecule has 2 amide bonds. The standard InChI is InChI=1S/C29H35ClFN3O7S3/c1-18(2)40-27(36)23(16-19-5-10-24(22(30)15-19)41-28(37)33-11-13-42-14-12-33)34(26(35)25-32-29(3,4)17-43-25)44(38,39)21-8-6-20(31)7-9-21/h5-10,15,18,23,25,32H,11-14,16-17H2,1-4H3/t23-,25-/m0/s1. The Morgan fingerprint density at radius 2 is 1.80 bits per heavy atom. The van der Waals surface area contributed by atoms with Gasteiger partial charge in [-0.1, -0.05) is 17.7 Å². The largest absolute Gasteiger partial charge is 0.461 e. The SMILES string of the molecule is CC(C)OC(=O)[C@H](Cc1ccc(OC(=O)N2CCSCC2)c(Cl)c1)N(C(=O)[C@H]1NC(C)(C)CS1)S(=O)(=O)c1ccc(F)cc1. The number of nitrogens with one attached hydrogen (secondary N) is 1. The molecule has 4 rings (SSSR count). The fourth-order valence-electron chi connectivity index (χ4n) is 4.59. The number of carbonyl (C=O) groups is 3. The van der Waals surface area contributed by atoms with Crippen LogP contribution in [0.2, 0.25) is 5.02 Å². The topological polar surface area (TPSA) is 122 Å². The molecule has 2 saturated heterocycles. The lowest BCUT2D eigenvalue weighted by Gasteiger charge is -2.32. The molecule has 1 N–H and O–H groups in total. The monoisotopic (exact) mass is 687 g/mol. The Morgan fingerprint density at radius 1 is 1.14 bits per heavy atom. The minimum Gasteiger partial charge on any atom is -0.461 e. The molecule has 2 atom stereocenters. The fourth-order valence-corrected chi connectivity index (χ4v) is 8.67. The van der Waals surface area contributed by atoms with E-state index < -0.39 is 56.9 Å². The van der Waals surface area contributed by atoms with Gasteiger partial charge in [0.25, 0.3) is 15.9 Å². The summed E-state index contributed by atoms with van der Waals surface area (Å²) in [4.78, 5) is 41.4. The van der Waals surface area contributed by atoms with Crippen molar-refractivity contribution in [2.45, 2.75) is 62.1 Å². The molecule has 44 heavy (non-hydrogen) atoms. The van der Waals surface area contributed by atoms with E-state index in [1.54, 1.807) is 30.5 Å². The van der Waals surface area contributed by atoms with Gasteiger partial charge in [-0.15, -0.1) is 11.8 Å². The van der Waals surface area contributed by atoms with Crippen LogP contribution in [0.4, 0.5) is 9.18 Å². The highest BCUT2D eigenvalue weighted by Gasteiger charge is 2.46. The summed E-state index contributed by atoms with van der Waals surface area (Å²) < 4.78 is 53.3. The minimum atomic E-state index is -4.69. The van der Waals surface area contributed by atoms with Crippen molar-refractivity contribution in [3.05, 3.63) is 58.9 Å². The average molecular weight is 688 g/mol. The van der Waals surface area contributed by atoms with Crippen LogP contribution in [0.1, 0.15) is 33.3 Å². The minimum absolute atomic E-state index is 0.0623. The van der Waals surface area contributed by atoms with Gasteiger partial charge < -0.3 is 14.4 Å². The Hall–Kier alpha value is -2.52. The van der Waals surface area contributed by atoms with E-state index in [9.17, 15) is 27.2 Å². The van der Waals surface area contributed by atoms with Gasteiger partial charge in [-0.3, -0.25) is 10.1 Å². The number of nitrogens with zero attached hydrogens (tertiary/aromatic N) is 2. The van der Waals surface area contributed by atoms with Crippen LogP contribution in [0, 0.1) is 5.82 Å². The highest BCUT2D eigenvalue weighted by Crippen LogP contribution is 2.33. The predicted molar refractivity (Wildman–Crippen MR) is 169 cm³/mol. The van der Waals surface area contributed by atoms with Crippen molar-refractivity contribution in [1.82, 2.24) is 14.5 Å². The van der Waals surface area contributed by atoms with E-state index in [1.165, 1.54) is 30.0 Å². The zero-order valence-corrected chi connectivity index (χ0v) is 28.0. The van der Waals surface area contributed by atoms with Gasteiger partial charge in [0.15, 0.2) is 5.75 Å². The Morgan fingerprint density at radius 3 is 2.36 bits per heavy atom. The van der Waals surface area contributed by atoms with Crippen molar-refractivity contribution < 1.29 is 36.7 Å². The molecule has 2 aromatic rings. The van der Waals surface area contributed by atoms with Crippen molar-refractivity contribution in [1.29, 1.82) is 0 Å². The van der Waals surface area contributed by atoms with Gasteiger partial charge in [0, 0.05) is 42.3 Å². The van der Waals surface area contributed by atoms with Crippen molar-refractivity contribution in [3.63, 3.8) is 0 Å². The average Bonchev–Trinajstić information content (AvgIpc) is 3.33. The van der Waals surface area contributed by atoms with Crippen molar-refractivity contribution in [2.24, 2.45) is 0 Å². The second kappa shape index (κ2) is 14.3. The number of hydrogen-bond acceptors (Lipinski definition) is 10. The van der Waals surface area contributed by atoms with Crippen LogP contribution >= 0.6 is 35.1 Å². The molecule has 10 nitrogen and oxygen atoms in total. The molecule has 2 fully saturated rings. The molecule has 0 aliphatic carbocycles. The molecule has 15 heteroatoms. The summed E-state index contributed by atoms with van der Waals surface area (Å²) in [5.41, 5.74) is -0.0905. The van der Waals surface area contributed by atoms with Crippen molar-refractivity contribution >= 4 is 63.1 Å². The van der Waals surface area contributed by atoms with Gasteiger partial charge in [0.05, 0.1) is 16.0 Å². The number of carbonyl (C=O) groups excluding carboxylic acids is 3. The third kappa shape index (κ3) is 8.39. The molecule has 2 aliphatic heterocycles. The molecule has 0 unspecified atom stereocenters. The molecule has 0 bridgehead atoms. The summed E-state index contributed by atoms with van der Waals surface area (Å²) in [6.07, 6.45) is -1.45. The molecule has 240 valence electrons. The van der Waals surface area contributed by atoms with Crippen LogP contribution in [0.5, 0.6) is 5.75 Å². The first kappa shape index (κ1) is 34.4. The summed E-state index contributed by atoms with van der Waals surface area (Å²) >= 11 is 9.44. The lowest BCUT2D eigenvalue weighted by Crippen LogP contribution is -2.56. The maximum atomic E-state index is 14.1. The zero-order chi connectivity index (χ0) is 32.2.